The third-order valence-electron chi connectivity index (χ3n) is 3.88. The lowest BCUT2D eigenvalue weighted by molar-refractivity contribution is 0.616. The van der Waals surface area contributed by atoms with Crippen LogP contribution in [0.15, 0.2) is 30.6 Å². The third-order valence-corrected chi connectivity index (χ3v) is 4.13. The van der Waals surface area contributed by atoms with Crippen LogP contribution in [0.2, 0.25) is 5.02 Å². The summed E-state index contributed by atoms with van der Waals surface area (Å²) in [6, 6.07) is 8.38. The van der Waals surface area contributed by atoms with Crippen LogP contribution >= 0.6 is 11.6 Å². The summed E-state index contributed by atoms with van der Waals surface area (Å²) in [6.45, 7) is 3.14. The maximum absolute atomic E-state index is 5.95. The van der Waals surface area contributed by atoms with Crippen molar-refractivity contribution in [2.24, 2.45) is 0 Å². The Bertz CT molecular complexity index is 589. The molecule has 4 heteroatoms. The molecule has 1 aromatic carbocycles. The molecule has 1 atom stereocenters. The van der Waals surface area contributed by atoms with Crippen molar-refractivity contribution in [3.63, 3.8) is 0 Å². The van der Waals surface area contributed by atoms with Crippen LogP contribution in [0.4, 0.5) is 0 Å². The van der Waals surface area contributed by atoms with Crippen molar-refractivity contribution < 1.29 is 0 Å². The Labute approximate surface area is 124 Å². The summed E-state index contributed by atoms with van der Waals surface area (Å²) in [7, 11) is 0. The van der Waals surface area contributed by atoms with Gasteiger partial charge in [-0.15, -0.1) is 0 Å². The molecule has 1 unspecified atom stereocenters. The van der Waals surface area contributed by atoms with Gasteiger partial charge in [-0.3, -0.25) is 0 Å². The molecule has 1 fully saturated rings. The van der Waals surface area contributed by atoms with Crippen LogP contribution in [0.1, 0.15) is 41.4 Å². The highest BCUT2D eigenvalue weighted by atomic mass is 35.5. The van der Waals surface area contributed by atoms with E-state index in [1.54, 1.807) is 6.33 Å². The van der Waals surface area contributed by atoms with E-state index in [1.807, 2.05) is 12.1 Å². The summed E-state index contributed by atoms with van der Waals surface area (Å²) in [5, 5.41) is 4.29. The summed E-state index contributed by atoms with van der Waals surface area (Å²) >= 11 is 5.95. The Morgan fingerprint density at radius 2 is 2.05 bits per heavy atom. The quantitative estimate of drug-likeness (QED) is 0.939. The Morgan fingerprint density at radius 1 is 1.25 bits per heavy atom. The number of halogens is 1. The molecule has 1 N–H and O–H groups in total. The van der Waals surface area contributed by atoms with E-state index >= 15 is 0 Å². The summed E-state index contributed by atoms with van der Waals surface area (Å²) in [5.74, 6) is 0. The van der Waals surface area contributed by atoms with Gasteiger partial charge in [0.05, 0.1) is 5.69 Å². The van der Waals surface area contributed by atoms with Crippen molar-refractivity contribution >= 4 is 11.6 Å². The van der Waals surface area contributed by atoms with Crippen molar-refractivity contribution in [3.8, 4) is 0 Å². The van der Waals surface area contributed by atoms with E-state index in [9.17, 15) is 0 Å². The molecule has 0 amide bonds. The average Bonchev–Trinajstić information content (AvgIpc) is 2.97. The largest absolute Gasteiger partial charge is 0.309 e. The summed E-state index contributed by atoms with van der Waals surface area (Å²) < 4.78 is 0. The van der Waals surface area contributed by atoms with Crippen molar-refractivity contribution in [1.29, 1.82) is 0 Å². The van der Waals surface area contributed by atoms with E-state index in [-0.39, 0.29) is 0 Å². The Balaban J connectivity index is 1.93. The maximum atomic E-state index is 5.95. The van der Waals surface area contributed by atoms with Crippen LogP contribution in [0.5, 0.6) is 0 Å². The molecule has 1 aliphatic rings. The first kappa shape index (κ1) is 13.5. The number of hydrogen-bond donors (Lipinski definition) is 1. The van der Waals surface area contributed by atoms with Gasteiger partial charge < -0.3 is 5.32 Å². The molecule has 1 aliphatic heterocycles. The lowest BCUT2D eigenvalue weighted by Gasteiger charge is -2.16. The molecule has 0 bridgehead atoms. The van der Waals surface area contributed by atoms with E-state index in [0.29, 0.717) is 6.04 Å². The minimum absolute atomic E-state index is 0.374. The molecule has 104 valence electrons. The number of nitrogens with one attached hydrogen (secondary N) is 1. The van der Waals surface area contributed by atoms with Crippen LogP contribution in [0.25, 0.3) is 0 Å². The highest BCUT2D eigenvalue weighted by Gasteiger charge is 2.22. The first-order valence-electron chi connectivity index (χ1n) is 7.02. The molecule has 3 rings (SSSR count). The zero-order valence-electron chi connectivity index (χ0n) is 11.6. The minimum atomic E-state index is 0.374. The Hall–Kier alpha value is -1.45. The van der Waals surface area contributed by atoms with Crippen molar-refractivity contribution in [2.45, 2.75) is 32.2 Å². The van der Waals surface area contributed by atoms with Crippen molar-refractivity contribution in [3.05, 3.63) is 58.1 Å². The van der Waals surface area contributed by atoms with Crippen LogP contribution in [-0.2, 0) is 6.42 Å². The van der Waals surface area contributed by atoms with Gasteiger partial charge in [-0.2, -0.15) is 0 Å². The maximum Gasteiger partial charge on any atom is 0.116 e. The van der Waals surface area contributed by atoms with E-state index in [4.69, 9.17) is 11.6 Å². The first-order valence-corrected chi connectivity index (χ1v) is 7.40. The zero-order valence-corrected chi connectivity index (χ0v) is 12.3. The smallest absolute Gasteiger partial charge is 0.116 e. The molecule has 3 nitrogen and oxygen atoms in total. The highest BCUT2D eigenvalue weighted by molar-refractivity contribution is 6.30. The molecule has 0 saturated carbocycles. The van der Waals surface area contributed by atoms with Gasteiger partial charge >= 0.3 is 0 Å². The van der Waals surface area contributed by atoms with Gasteiger partial charge in [0, 0.05) is 28.7 Å². The van der Waals surface area contributed by atoms with E-state index < -0.39 is 0 Å². The van der Waals surface area contributed by atoms with Gasteiger partial charge in [-0.05, 0) is 44.0 Å². The second-order valence-electron chi connectivity index (χ2n) is 5.28. The molecule has 0 aliphatic carbocycles. The standard InChI is InChI=1S/C16H18ClN3/c1-11-14(9-12-4-6-13(17)7-5-12)16(20-10-19-11)15-3-2-8-18-15/h4-7,10,15,18H,2-3,8-9H2,1H3. The molecule has 2 aromatic rings. The minimum Gasteiger partial charge on any atom is -0.309 e. The molecule has 2 heterocycles. The van der Waals surface area contributed by atoms with E-state index in [1.165, 1.54) is 17.5 Å². The Morgan fingerprint density at radius 3 is 2.75 bits per heavy atom. The van der Waals surface area contributed by atoms with E-state index in [0.717, 1.165) is 35.8 Å². The first-order chi connectivity index (χ1) is 9.74. The van der Waals surface area contributed by atoms with Crippen LogP contribution in [-0.4, -0.2) is 16.5 Å². The molecule has 0 spiro atoms. The fourth-order valence-electron chi connectivity index (χ4n) is 2.76. The molecular weight excluding hydrogens is 270 g/mol. The zero-order chi connectivity index (χ0) is 13.9. The van der Waals surface area contributed by atoms with Gasteiger partial charge in [0.15, 0.2) is 0 Å². The van der Waals surface area contributed by atoms with E-state index in [2.05, 4.69) is 34.3 Å². The van der Waals surface area contributed by atoms with Gasteiger partial charge in [0.25, 0.3) is 0 Å². The molecule has 1 saturated heterocycles. The fourth-order valence-corrected chi connectivity index (χ4v) is 2.89. The number of aryl methyl sites for hydroxylation is 1. The van der Waals surface area contributed by atoms with Crippen LogP contribution < -0.4 is 5.32 Å². The van der Waals surface area contributed by atoms with Crippen molar-refractivity contribution in [2.75, 3.05) is 6.54 Å². The number of nitrogens with zero attached hydrogens (tertiary/aromatic N) is 2. The van der Waals surface area contributed by atoms with Gasteiger partial charge in [0.2, 0.25) is 0 Å². The normalized spacial score (nSPS) is 18.4. The lowest BCUT2D eigenvalue weighted by atomic mass is 9.98. The highest BCUT2D eigenvalue weighted by Crippen LogP contribution is 2.27. The second kappa shape index (κ2) is 5.90. The van der Waals surface area contributed by atoms with Crippen molar-refractivity contribution in [1.82, 2.24) is 15.3 Å². The number of hydrogen-bond acceptors (Lipinski definition) is 3. The number of rotatable bonds is 3. The van der Waals surface area contributed by atoms with Gasteiger partial charge in [-0.1, -0.05) is 23.7 Å². The molecule has 1 aromatic heterocycles. The topological polar surface area (TPSA) is 37.8 Å². The monoisotopic (exact) mass is 287 g/mol. The lowest BCUT2D eigenvalue weighted by Crippen LogP contribution is -2.17. The third kappa shape index (κ3) is 2.84. The van der Waals surface area contributed by atoms with Gasteiger partial charge in [-0.25, -0.2) is 9.97 Å². The summed E-state index contributed by atoms with van der Waals surface area (Å²) in [6.07, 6.45) is 4.91. The average molecular weight is 288 g/mol. The Kier molecular flexibility index (Phi) is 3.99. The van der Waals surface area contributed by atoms with Crippen LogP contribution in [0.3, 0.4) is 0 Å². The second-order valence-corrected chi connectivity index (χ2v) is 5.71. The predicted molar refractivity (Wildman–Crippen MR) is 81.0 cm³/mol. The predicted octanol–water partition coefficient (Wildman–Crippen LogP) is 3.45. The summed E-state index contributed by atoms with van der Waals surface area (Å²) in [4.78, 5) is 8.90. The fraction of sp³-hybridized carbons (Fsp3) is 0.375. The summed E-state index contributed by atoms with van der Waals surface area (Å²) in [5.41, 5.74) is 4.71. The SMILES string of the molecule is Cc1ncnc(C2CCCN2)c1Cc1ccc(Cl)cc1. The number of benzene rings is 1. The van der Waals surface area contributed by atoms with Gasteiger partial charge in [0.1, 0.15) is 6.33 Å². The number of aromatic nitrogens is 2. The molecular formula is C16H18ClN3. The van der Waals surface area contributed by atoms with Crippen LogP contribution in [0, 0.1) is 6.92 Å². The molecule has 0 radical (unpaired) electrons. The molecule has 20 heavy (non-hydrogen) atoms.